The molecule has 258 valence electrons. The summed E-state index contributed by atoms with van der Waals surface area (Å²) in [6, 6.07) is 17.0. The van der Waals surface area contributed by atoms with Gasteiger partial charge < -0.3 is 28.8 Å². The maximum atomic E-state index is 14.8. The summed E-state index contributed by atoms with van der Waals surface area (Å²) in [5, 5.41) is 3.45. The van der Waals surface area contributed by atoms with E-state index < -0.39 is 33.8 Å². The lowest BCUT2D eigenvalue weighted by atomic mass is 9.95. The van der Waals surface area contributed by atoms with E-state index >= 15 is 0 Å². The lowest BCUT2D eigenvalue weighted by molar-refractivity contribution is 0.303. The van der Waals surface area contributed by atoms with E-state index in [4.69, 9.17) is 42.1 Å². The normalized spacial score (nSPS) is 14.8. The molecule has 4 aromatic rings. The van der Waals surface area contributed by atoms with Crippen molar-refractivity contribution >= 4 is 34.6 Å². The zero-order valence-corrected chi connectivity index (χ0v) is 29.8. The van der Waals surface area contributed by atoms with Crippen molar-refractivity contribution in [3.8, 4) is 23.0 Å². The summed E-state index contributed by atoms with van der Waals surface area (Å²) in [6.07, 6.45) is 0.0891. The molecule has 0 radical (unpaired) electrons. The van der Waals surface area contributed by atoms with E-state index in [0.717, 1.165) is 6.07 Å². The van der Waals surface area contributed by atoms with Crippen LogP contribution in [0, 0.1) is 11.6 Å². The van der Waals surface area contributed by atoms with E-state index in [2.05, 4.69) is 10.0 Å². The molecule has 4 aromatic carbocycles. The van der Waals surface area contributed by atoms with Gasteiger partial charge in [0.15, 0.2) is 4.75 Å². The maximum absolute atomic E-state index is 14.8. The Balaban J connectivity index is 1.61. The van der Waals surface area contributed by atoms with Crippen molar-refractivity contribution in [1.82, 2.24) is 10.0 Å². The molecule has 0 aliphatic carbocycles. The van der Waals surface area contributed by atoms with Gasteiger partial charge in [0.1, 0.15) is 47.8 Å². The summed E-state index contributed by atoms with van der Waals surface area (Å²) in [4.78, 5) is 0. The van der Waals surface area contributed by atoms with Crippen LogP contribution in [-0.2, 0) is 31.0 Å². The highest BCUT2D eigenvalue weighted by Gasteiger charge is 2.40. The van der Waals surface area contributed by atoms with Gasteiger partial charge in [0.25, 0.3) is 0 Å². The molecule has 0 saturated heterocycles. The smallest absolute Gasteiger partial charge is 0.158 e. The van der Waals surface area contributed by atoms with Gasteiger partial charge in [0.05, 0.1) is 31.7 Å². The van der Waals surface area contributed by atoms with Crippen molar-refractivity contribution in [2.45, 2.75) is 51.2 Å². The summed E-state index contributed by atoms with van der Waals surface area (Å²) in [7, 11) is 3.12. The Morgan fingerprint density at radius 3 is 1.83 bits per heavy atom. The highest BCUT2D eigenvalue weighted by atomic mass is 35.5. The summed E-state index contributed by atoms with van der Waals surface area (Å²) in [6.45, 7) is 5.85. The van der Waals surface area contributed by atoms with Gasteiger partial charge in [0, 0.05) is 35.5 Å². The molecule has 0 bridgehead atoms. The van der Waals surface area contributed by atoms with E-state index in [1.54, 1.807) is 69.7 Å². The van der Waals surface area contributed by atoms with Crippen LogP contribution in [0.25, 0.3) is 0 Å². The molecule has 4 rings (SSSR count). The van der Waals surface area contributed by atoms with Gasteiger partial charge in [-0.1, -0.05) is 30.1 Å². The van der Waals surface area contributed by atoms with Gasteiger partial charge >= 0.3 is 0 Å². The van der Waals surface area contributed by atoms with Gasteiger partial charge in [0.2, 0.25) is 0 Å². The van der Waals surface area contributed by atoms with Crippen LogP contribution in [0.2, 0.25) is 10.0 Å². The molecule has 48 heavy (non-hydrogen) atoms. The second-order valence-electron chi connectivity index (χ2n) is 11.3. The molecule has 0 amide bonds. The van der Waals surface area contributed by atoms with Crippen LogP contribution < -0.4 is 29.0 Å². The second-order valence-corrected chi connectivity index (χ2v) is 13.8. The minimum absolute atomic E-state index is 0.0215. The number of halogens is 4. The predicted octanol–water partition coefficient (Wildman–Crippen LogP) is 8.37. The molecule has 12 heteroatoms. The summed E-state index contributed by atoms with van der Waals surface area (Å²) < 4.78 is 77.2. The van der Waals surface area contributed by atoms with Gasteiger partial charge in [-0.3, -0.25) is 0 Å². The summed E-state index contributed by atoms with van der Waals surface area (Å²) >= 11 is 11.1. The Labute approximate surface area is 295 Å². The zero-order valence-electron chi connectivity index (χ0n) is 28.4. The van der Waals surface area contributed by atoms with Crippen LogP contribution >= 0.6 is 23.2 Å². The van der Waals surface area contributed by atoms with Crippen molar-refractivity contribution < 1.29 is 33.7 Å². The van der Waals surface area contributed by atoms with Crippen molar-refractivity contribution in [2.75, 3.05) is 27.3 Å². The molecule has 0 aliphatic heterocycles. The van der Waals surface area contributed by atoms with Crippen LogP contribution in [0.15, 0.2) is 72.8 Å². The number of benzene rings is 4. The number of rotatable bonds is 17. The highest BCUT2D eigenvalue weighted by Crippen LogP contribution is 2.33. The standard InChI is InChI=1S/C36H40Cl2F2N2O5S/c1-6-41-22-36(3,19-24-15-25(39)17-34(37)32(24)20-46-29-11-7-27(44-4)8-12-29)48(43)42-23(2)31-16-26(40)18-35(38)33(31)21-47-30-13-9-28(45-5)10-14-30/h7-18,23,41-42H,6,19-22H2,1-5H3/t23-,36?,48?/m0/s1/i23D. The van der Waals surface area contributed by atoms with E-state index in [0.29, 0.717) is 46.2 Å². The largest absolute Gasteiger partial charge is 0.598 e. The van der Waals surface area contributed by atoms with Crippen LogP contribution in [0.1, 0.15) is 50.4 Å². The zero-order chi connectivity index (χ0) is 35.8. The second kappa shape index (κ2) is 17.4. The van der Waals surface area contributed by atoms with Crippen LogP contribution in [0.4, 0.5) is 8.78 Å². The molecule has 0 aliphatic rings. The summed E-state index contributed by atoms with van der Waals surface area (Å²) in [5.41, 5.74) is 1.52. The average molecular weight is 723 g/mol. The first kappa shape index (κ1) is 36.0. The lowest BCUT2D eigenvalue weighted by Crippen LogP contribution is -2.52. The number of hydrogen-bond donors (Lipinski definition) is 2. The molecule has 0 aromatic heterocycles. The fourth-order valence-electron chi connectivity index (χ4n) is 5.02. The first-order valence-corrected chi connectivity index (χ1v) is 17.1. The Kier molecular flexibility index (Phi) is 13.1. The molecule has 7 nitrogen and oxygen atoms in total. The van der Waals surface area contributed by atoms with Gasteiger partial charge in [-0.2, -0.15) is 0 Å². The topological polar surface area (TPSA) is 84.0 Å². The third-order valence-corrected chi connectivity index (χ3v) is 10.1. The molecule has 0 fully saturated rings. The predicted molar refractivity (Wildman–Crippen MR) is 188 cm³/mol. The SMILES string of the molecule is [2H][C@@](C)(N[S+]([O-])C(C)(CNCC)Cc1cc(F)cc(Cl)c1COc1ccc(OC)cc1)c1cc(F)cc(Cl)c1COc1ccc(OC)cc1. The van der Waals surface area contributed by atoms with Crippen LogP contribution in [0.5, 0.6) is 23.0 Å². The molecule has 0 saturated carbocycles. The van der Waals surface area contributed by atoms with Crippen LogP contribution in [0.3, 0.4) is 0 Å². The quantitative estimate of drug-likeness (QED) is 0.106. The number of methoxy groups -OCH3 is 2. The minimum Gasteiger partial charge on any atom is -0.598 e. The minimum atomic E-state index is -1.97. The van der Waals surface area contributed by atoms with E-state index in [1.165, 1.54) is 25.1 Å². The maximum Gasteiger partial charge on any atom is 0.158 e. The number of hydrogen-bond acceptors (Lipinski definition) is 7. The molecule has 2 N–H and O–H groups in total. The first-order chi connectivity index (χ1) is 23.3. The Morgan fingerprint density at radius 1 is 0.833 bits per heavy atom. The van der Waals surface area contributed by atoms with Gasteiger partial charge in [-0.05, 0) is 104 Å². The monoisotopic (exact) mass is 721 g/mol. The third kappa shape index (κ3) is 9.90. The Morgan fingerprint density at radius 2 is 1.31 bits per heavy atom. The highest BCUT2D eigenvalue weighted by molar-refractivity contribution is 7.90. The molecular weight excluding hydrogens is 681 g/mol. The lowest BCUT2D eigenvalue weighted by Gasteiger charge is -2.34. The van der Waals surface area contributed by atoms with Crippen molar-refractivity contribution in [1.29, 1.82) is 0 Å². The molecule has 0 spiro atoms. The number of nitrogens with one attached hydrogen (secondary N) is 2. The third-order valence-electron chi connectivity index (χ3n) is 7.71. The van der Waals surface area contributed by atoms with E-state index in [9.17, 15) is 14.7 Å². The molecule has 2 unspecified atom stereocenters. The van der Waals surface area contributed by atoms with Crippen LogP contribution in [-0.4, -0.2) is 36.6 Å². The van der Waals surface area contributed by atoms with Crippen molar-refractivity contribution in [3.63, 3.8) is 0 Å². The van der Waals surface area contributed by atoms with E-state index in [1.807, 2.05) is 6.92 Å². The Bertz CT molecular complexity index is 1700. The average Bonchev–Trinajstić information content (AvgIpc) is 3.06. The van der Waals surface area contributed by atoms with E-state index in [-0.39, 0.29) is 41.8 Å². The fraction of sp³-hybridized carbons (Fsp3) is 0.333. The molecule has 0 heterocycles. The Hall–Kier alpha value is -3.25. The van der Waals surface area contributed by atoms with Crippen molar-refractivity contribution in [3.05, 3.63) is 117 Å². The van der Waals surface area contributed by atoms with Gasteiger partial charge in [-0.15, -0.1) is 4.72 Å². The molecular formula is C36H40Cl2F2N2O5S. The van der Waals surface area contributed by atoms with Gasteiger partial charge in [-0.25, -0.2) is 8.78 Å². The number of ether oxygens (including phenoxy) is 4. The molecule has 3 atom stereocenters. The summed E-state index contributed by atoms with van der Waals surface area (Å²) in [5.74, 6) is 1.16. The van der Waals surface area contributed by atoms with Crippen molar-refractivity contribution in [2.24, 2.45) is 0 Å². The fourth-order valence-corrected chi connectivity index (χ4v) is 6.71. The first-order valence-electron chi connectivity index (χ1n) is 15.7.